The van der Waals surface area contributed by atoms with Gasteiger partial charge >= 0.3 is 0 Å². The van der Waals surface area contributed by atoms with Crippen molar-refractivity contribution in [2.45, 2.75) is 24.8 Å². The fourth-order valence-corrected chi connectivity index (χ4v) is 5.56. The number of carbonyl (C=O) groups excluding carboxylic acids is 1. The molecule has 0 bridgehead atoms. The van der Waals surface area contributed by atoms with Crippen LogP contribution in [0.15, 0.2) is 59.5 Å². The summed E-state index contributed by atoms with van der Waals surface area (Å²) in [5.74, 6) is 0.0531. The molecule has 2 aromatic rings. The van der Waals surface area contributed by atoms with E-state index in [2.05, 4.69) is 4.90 Å². The normalized spacial score (nSPS) is 16.9. The Hall–Kier alpha value is -1.93. The van der Waals surface area contributed by atoms with Crippen LogP contribution in [0.2, 0.25) is 5.02 Å². The van der Waals surface area contributed by atoms with E-state index in [1.54, 1.807) is 18.2 Å². The van der Waals surface area contributed by atoms with Gasteiger partial charge in [0.05, 0.1) is 4.90 Å². The average Bonchev–Trinajstić information content (AvgIpc) is 2.76. The lowest BCUT2D eigenvalue weighted by Crippen LogP contribution is -2.52. The Labute approximate surface area is 184 Å². The van der Waals surface area contributed by atoms with Crippen molar-refractivity contribution in [3.63, 3.8) is 0 Å². The van der Waals surface area contributed by atoms with Crippen molar-refractivity contribution in [3.8, 4) is 0 Å². The van der Waals surface area contributed by atoms with Gasteiger partial charge in [-0.25, -0.2) is 8.42 Å². The molecule has 0 aliphatic carbocycles. The highest BCUT2D eigenvalue weighted by molar-refractivity contribution is 7.89. The largest absolute Gasteiger partial charge is 0.342 e. The number of sulfonamides is 1. The van der Waals surface area contributed by atoms with Gasteiger partial charge in [0.25, 0.3) is 0 Å². The summed E-state index contributed by atoms with van der Waals surface area (Å²) < 4.78 is 27.5. The first-order valence-electron chi connectivity index (χ1n) is 10.2. The Morgan fingerprint density at radius 2 is 1.63 bits per heavy atom. The first-order chi connectivity index (χ1) is 14.4. The van der Waals surface area contributed by atoms with Crippen LogP contribution in [-0.4, -0.2) is 67.7 Å². The van der Waals surface area contributed by atoms with Crippen molar-refractivity contribution in [2.75, 3.05) is 39.3 Å². The zero-order valence-electron chi connectivity index (χ0n) is 17.4. The van der Waals surface area contributed by atoms with Crippen molar-refractivity contribution in [2.24, 2.45) is 0 Å². The third-order valence-corrected chi connectivity index (χ3v) is 7.63. The smallest absolute Gasteiger partial charge is 0.244 e. The minimum absolute atomic E-state index is 0.0531. The van der Waals surface area contributed by atoms with E-state index in [0.29, 0.717) is 44.3 Å². The molecule has 30 heavy (non-hydrogen) atoms. The summed E-state index contributed by atoms with van der Waals surface area (Å²) in [4.78, 5) is 17.4. The molecule has 0 saturated carbocycles. The second-order valence-electron chi connectivity index (χ2n) is 7.22. The highest BCUT2D eigenvalue weighted by Crippen LogP contribution is 2.27. The average molecular weight is 450 g/mol. The summed E-state index contributed by atoms with van der Waals surface area (Å²) in [7, 11) is -3.62. The number of hydrogen-bond acceptors (Lipinski definition) is 4. The summed E-state index contributed by atoms with van der Waals surface area (Å²) in [5, 5.41) is 0.392. The Balaban J connectivity index is 1.80. The molecule has 1 atom stereocenters. The maximum Gasteiger partial charge on any atom is 0.244 e. The number of piperazine rings is 1. The molecule has 1 saturated heterocycles. The molecule has 3 rings (SSSR count). The first kappa shape index (κ1) is 22.7. The van der Waals surface area contributed by atoms with Gasteiger partial charge in [0.2, 0.25) is 15.9 Å². The van der Waals surface area contributed by atoms with Crippen molar-refractivity contribution >= 4 is 27.5 Å². The van der Waals surface area contributed by atoms with Gasteiger partial charge in [0.1, 0.15) is 6.04 Å². The van der Waals surface area contributed by atoms with Gasteiger partial charge in [-0.1, -0.05) is 48.0 Å². The lowest BCUT2D eigenvalue weighted by molar-refractivity contribution is -0.137. The van der Waals surface area contributed by atoms with E-state index in [9.17, 15) is 13.2 Å². The first-order valence-corrected chi connectivity index (χ1v) is 12.0. The summed E-state index contributed by atoms with van der Waals surface area (Å²) in [6.45, 7) is 6.83. The van der Waals surface area contributed by atoms with Crippen LogP contribution in [0, 0.1) is 0 Å². The van der Waals surface area contributed by atoms with Crippen LogP contribution in [-0.2, 0) is 14.8 Å². The highest BCUT2D eigenvalue weighted by Gasteiger charge is 2.35. The van der Waals surface area contributed by atoms with E-state index in [0.717, 1.165) is 5.56 Å². The molecule has 1 aliphatic heterocycles. The molecular formula is C22H28ClN3O3S. The lowest BCUT2D eigenvalue weighted by atomic mass is 10.0. The van der Waals surface area contributed by atoms with E-state index < -0.39 is 16.1 Å². The van der Waals surface area contributed by atoms with Crippen LogP contribution in [0.1, 0.15) is 25.5 Å². The van der Waals surface area contributed by atoms with Gasteiger partial charge in [-0.3, -0.25) is 9.69 Å². The molecule has 162 valence electrons. The number of carbonyl (C=O) groups is 1. The number of benzene rings is 2. The Morgan fingerprint density at radius 3 is 2.20 bits per heavy atom. The number of likely N-dealkylation sites (N-methyl/N-ethyl adjacent to an activating group) is 1. The van der Waals surface area contributed by atoms with E-state index in [4.69, 9.17) is 11.6 Å². The van der Waals surface area contributed by atoms with Crippen LogP contribution in [0.5, 0.6) is 0 Å². The van der Waals surface area contributed by atoms with E-state index in [1.807, 2.05) is 49.1 Å². The molecule has 0 N–H and O–H groups in total. The van der Waals surface area contributed by atoms with Gasteiger partial charge in [0.15, 0.2) is 0 Å². The topological polar surface area (TPSA) is 60.9 Å². The third-order valence-electron chi connectivity index (χ3n) is 5.50. The van der Waals surface area contributed by atoms with Crippen molar-refractivity contribution in [1.82, 2.24) is 14.1 Å². The van der Waals surface area contributed by atoms with Gasteiger partial charge in [0, 0.05) is 44.3 Å². The molecule has 0 radical (unpaired) electrons. The number of hydrogen-bond donors (Lipinski definition) is 0. The summed E-state index contributed by atoms with van der Waals surface area (Å²) >= 11 is 5.98. The molecule has 1 aliphatic rings. The summed E-state index contributed by atoms with van der Waals surface area (Å²) in [5.41, 5.74) is 0.931. The monoisotopic (exact) mass is 449 g/mol. The van der Waals surface area contributed by atoms with E-state index in [1.165, 1.54) is 10.4 Å². The Bertz CT molecular complexity index is 957. The zero-order chi connectivity index (χ0) is 21.7. The molecule has 1 amide bonds. The zero-order valence-corrected chi connectivity index (χ0v) is 18.9. The molecule has 1 unspecified atom stereocenters. The third kappa shape index (κ3) is 4.86. The van der Waals surface area contributed by atoms with Crippen LogP contribution < -0.4 is 0 Å². The second-order valence-corrected chi connectivity index (χ2v) is 9.60. The lowest BCUT2D eigenvalue weighted by Gasteiger charge is -2.39. The Kier molecular flexibility index (Phi) is 7.52. The molecule has 6 nitrogen and oxygen atoms in total. The standard InChI is InChI=1S/C22H28ClN3O3S/c1-3-24(4-2)22(27)21(18-9-6-5-7-10-18)25-13-15-26(16-14-25)30(28,29)20-12-8-11-19(23)17-20/h5-12,17,21H,3-4,13-16H2,1-2H3. The van der Waals surface area contributed by atoms with Gasteiger partial charge in [-0.2, -0.15) is 4.31 Å². The maximum atomic E-state index is 13.3. The summed E-state index contributed by atoms with van der Waals surface area (Å²) in [6, 6.07) is 15.6. The molecule has 8 heteroatoms. The number of rotatable bonds is 7. The van der Waals surface area contributed by atoms with Crippen molar-refractivity contribution in [1.29, 1.82) is 0 Å². The van der Waals surface area contributed by atoms with Crippen LogP contribution in [0.4, 0.5) is 0 Å². The minimum Gasteiger partial charge on any atom is -0.342 e. The molecule has 0 spiro atoms. The van der Waals surface area contributed by atoms with Crippen LogP contribution in [0.3, 0.4) is 0 Å². The number of nitrogens with zero attached hydrogens (tertiary/aromatic N) is 3. The number of amides is 1. The quantitative estimate of drug-likeness (QED) is 0.651. The predicted octanol–water partition coefficient (Wildman–Crippen LogP) is 3.26. The molecular weight excluding hydrogens is 422 g/mol. The fraction of sp³-hybridized carbons (Fsp3) is 0.409. The molecule has 2 aromatic carbocycles. The van der Waals surface area contributed by atoms with Gasteiger partial charge in [-0.05, 0) is 37.6 Å². The minimum atomic E-state index is -3.62. The van der Waals surface area contributed by atoms with Gasteiger partial charge in [-0.15, -0.1) is 0 Å². The molecule has 0 aromatic heterocycles. The van der Waals surface area contributed by atoms with Crippen LogP contribution in [0.25, 0.3) is 0 Å². The summed E-state index contributed by atoms with van der Waals surface area (Å²) in [6.07, 6.45) is 0. The van der Waals surface area contributed by atoms with E-state index in [-0.39, 0.29) is 10.8 Å². The van der Waals surface area contributed by atoms with Crippen molar-refractivity contribution < 1.29 is 13.2 Å². The fourth-order valence-electron chi connectivity index (χ4n) is 3.83. The van der Waals surface area contributed by atoms with Crippen LogP contribution >= 0.6 is 11.6 Å². The predicted molar refractivity (Wildman–Crippen MR) is 119 cm³/mol. The SMILES string of the molecule is CCN(CC)C(=O)C(c1ccccc1)N1CCN(S(=O)(=O)c2cccc(Cl)c2)CC1. The molecule has 1 fully saturated rings. The maximum absolute atomic E-state index is 13.3. The number of halogens is 1. The Morgan fingerprint density at radius 1 is 1.00 bits per heavy atom. The van der Waals surface area contributed by atoms with Gasteiger partial charge < -0.3 is 4.90 Å². The molecule has 1 heterocycles. The second kappa shape index (κ2) is 9.92. The van der Waals surface area contributed by atoms with E-state index >= 15 is 0 Å². The highest BCUT2D eigenvalue weighted by atomic mass is 35.5. The van der Waals surface area contributed by atoms with Crippen molar-refractivity contribution in [3.05, 3.63) is 65.2 Å².